The highest BCUT2D eigenvalue weighted by Crippen LogP contribution is 2.23. The van der Waals surface area contributed by atoms with E-state index < -0.39 is 0 Å². The van der Waals surface area contributed by atoms with Crippen molar-refractivity contribution >= 4 is 17.7 Å². The number of ether oxygens (including phenoxy) is 2. The third kappa shape index (κ3) is 7.78. The third-order valence-electron chi connectivity index (χ3n) is 3.52. The minimum absolute atomic E-state index is 0.548. The molecule has 0 spiro atoms. The van der Waals surface area contributed by atoms with E-state index in [1.54, 1.807) is 18.0 Å². The Hall–Kier alpha value is -2.41. The van der Waals surface area contributed by atoms with Crippen LogP contribution in [0, 0.1) is 0 Å². The molecule has 2 aromatic rings. The summed E-state index contributed by atoms with van der Waals surface area (Å²) in [5.74, 6) is 3.95. The molecule has 27 heavy (non-hydrogen) atoms. The minimum atomic E-state index is 0.548. The van der Waals surface area contributed by atoms with E-state index in [2.05, 4.69) is 33.8 Å². The Labute approximate surface area is 165 Å². The van der Waals surface area contributed by atoms with Gasteiger partial charge in [0.1, 0.15) is 11.5 Å². The van der Waals surface area contributed by atoms with Gasteiger partial charge in [-0.15, -0.1) is 0 Å². The van der Waals surface area contributed by atoms with Crippen molar-refractivity contribution in [2.45, 2.75) is 20.4 Å². The summed E-state index contributed by atoms with van der Waals surface area (Å²) in [6, 6.07) is 11.4. The molecular weight excluding hydrogens is 360 g/mol. The average molecular weight is 389 g/mol. The fourth-order valence-electron chi connectivity index (χ4n) is 2.28. The SMILES string of the molecule is CCNC(=NCc1ccnc(Oc2ccc(OCC)cc2)c1)NCCSC. The second kappa shape index (κ2) is 12.1. The number of benzene rings is 1. The van der Waals surface area contributed by atoms with Crippen molar-refractivity contribution in [3.63, 3.8) is 0 Å². The van der Waals surface area contributed by atoms with Crippen molar-refractivity contribution in [3.8, 4) is 17.4 Å². The van der Waals surface area contributed by atoms with Crippen LogP contribution in [0.25, 0.3) is 0 Å². The zero-order valence-electron chi connectivity index (χ0n) is 16.2. The van der Waals surface area contributed by atoms with Crippen LogP contribution in [-0.4, -0.2) is 42.6 Å². The van der Waals surface area contributed by atoms with Gasteiger partial charge in [-0.05, 0) is 56.0 Å². The molecule has 0 unspecified atom stereocenters. The first-order valence-electron chi connectivity index (χ1n) is 9.12. The number of aromatic nitrogens is 1. The Kier molecular flexibility index (Phi) is 9.34. The van der Waals surface area contributed by atoms with E-state index in [1.165, 1.54) is 0 Å². The average Bonchev–Trinajstić information content (AvgIpc) is 2.68. The maximum absolute atomic E-state index is 5.84. The van der Waals surface area contributed by atoms with Crippen LogP contribution in [0.1, 0.15) is 19.4 Å². The van der Waals surface area contributed by atoms with Gasteiger partial charge in [-0.25, -0.2) is 9.98 Å². The van der Waals surface area contributed by atoms with Crippen LogP contribution in [0.15, 0.2) is 47.6 Å². The van der Waals surface area contributed by atoms with Gasteiger partial charge in [0.25, 0.3) is 0 Å². The number of hydrogen-bond donors (Lipinski definition) is 2. The summed E-state index contributed by atoms with van der Waals surface area (Å²) in [6.45, 7) is 6.92. The summed E-state index contributed by atoms with van der Waals surface area (Å²) in [4.78, 5) is 8.90. The molecule has 6 nitrogen and oxygen atoms in total. The van der Waals surface area contributed by atoms with Crippen LogP contribution in [0.5, 0.6) is 17.4 Å². The number of nitrogens with one attached hydrogen (secondary N) is 2. The molecule has 0 aliphatic carbocycles. The zero-order chi connectivity index (χ0) is 19.3. The van der Waals surface area contributed by atoms with Gasteiger partial charge in [-0.1, -0.05) is 0 Å². The topological polar surface area (TPSA) is 67.8 Å². The Morgan fingerprint density at radius 1 is 1.11 bits per heavy atom. The number of nitrogens with zero attached hydrogens (tertiary/aromatic N) is 2. The highest BCUT2D eigenvalue weighted by atomic mass is 32.2. The van der Waals surface area contributed by atoms with Gasteiger partial charge in [-0.2, -0.15) is 11.8 Å². The van der Waals surface area contributed by atoms with Gasteiger partial charge in [0.05, 0.1) is 13.2 Å². The Bertz CT molecular complexity index is 707. The van der Waals surface area contributed by atoms with E-state index in [1.807, 2.05) is 43.3 Å². The molecule has 0 amide bonds. The second-order valence-corrected chi connectivity index (χ2v) is 6.61. The number of hydrogen-bond acceptors (Lipinski definition) is 5. The van der Waals surface area contributed by atoms with Crippen LogP contribution >= 0.6 is 11.8 Å². The van der Waals surface area contributed by atoms with Crippen LogP contribution in [0.2, 0.25) is 0 Å². The maximum Gasteiger partial charge on any atom is 0.219 e. The van der Waals surface area contributed by atoms with E-state index in [9.17, 15) is 0 Å². The molecule has 146 valence electrons. The van der Waals surface area contributed by atoms with Crippen LogP contribution in [0.3, 0.4) is 0 Å². The van der Waals surface area contributed by atoms with Crippen molar-refractivity contribution in [2.24, 2.45) is 4.99 Å². The number of pyridine rings is 1. The normalized spacial score (nSPS) is 11.1. The molecule has 0 aliphatic heterocycles. The molecule has 0 saturated heterocycles. The van der Waals surface area contributed by atoms with Gasteiger partial charge >= 0.3 is 0 Å². The molecule has 0 bridgehead atoms. The number of thioether (sulfide) groups is 1. The van der Waals surface area contributed by atoms with Gasteiger partial charge in [0.2, 0.25) is 5.88 Å². The van der Waals surface area contributed by atoms with Crippen molar-refractivity contribution in [2.75, 3.05) is 31.7 Å². The summed E-state index contributed by atoms with van der Waals surface area (Å²) in [7, 11) is 0. The van der Waals surface area contributed by atoms with Crippen LogP contribution < -0.4 is 20.1 Å². The van der Waals surface area contributed by atoms with E-state index >= 15 is 0 Å². The van der Waals surface area contributed by atoms with Crippen molar-refractivity contribution < 1.29 is 9.47 Å². The predicted molar refractivity (Wildman–Crippen MR) is 113 cm³/mol. The standard InChI is InChI=1S/C20H28N4O2S/c1-4-21-20(23-12-13-27-3)24-15-16-10-11-22-19(14-16)26-18-8-6-17(7-9-18)25-5-2/h6-11,14H,4-5,12-13,15H2,1-3H3,(H2,21,23,24). The van der Waals surface area contributed by atoms with E-state index in [0.29, 0.717) is 19.0 Å². The highest BCUT2D eigenvalue weighted by molar-refractivity contribution is 7.98. The van der Waals surface area contributed by atoms with Crippen LogP contribution in [-0.2, 0) is 6.54 Å². The molecule has 1 aromatic carbocycles. The highest BCUT2D eigenvalue weighted by Gasteiger charge is 2.02. The van der Waals surface area contributed by atoms with Crippen LogP contribution in [0.4, 0.5) is 0 Å². The first-order valence-corrected chi connectivity index (χ1v) is 10.5. The molecule has 0 saturated carbocycles. The van der Waals surface area contributed by atoms with Gasteiger partial charge in [-0.3, -0.25) is 0 Å². The number of aliphatic imine (C=N–C) groups is 1. The quantitative estimate of drug-likeness (QED) is 0.368. The third-order valence-corrected chi connectivity index (χ3v) is 4.13. The van der Waals surface area contributed by atoms with E-state index in [-0.39, 0.29) is 0 Å². The lowest BCUT2D eigenvalue weighted by atomic mass is 10.2. The lowest BCUT2D eigenvalue weighted by Crippen LogP contribution is -2.38. The number of rotatable bonds is 10. The molecule has 0 fully saturated rings. The van der Waals surface area contributed by atoms with Gasteiger partial charge in [0.15, 0.2) is 5.96 Å². The Morgan fingerprint density at radius 2 is 1.89 bits per heavy atom. The Balaban J connectivity index is 1.97. The van der Waals surface area contributed by atoms with E-state index in [0.717, 1.165) is 41.9 Å². The van der Waals surface area contributed by atoms with Crippen molar-refractivity contribution in [1.29, 1.82) is 0 Å². The molecule has 0 radical (unpaired) electrons. The molecule has 7 heteroatoms. The molecule has 2 N–H and O–H groups in total. The summed E-state index contributed by atoms with van der Waals surface area (Å²) in [5.41, 5.74) is 1.04. The molecule has 2 rings (SSSR count). The summed E-state index contributed by atoms with van der Waals surface area (Å²) < 4.78 is 11.3. The first-order chi connectivity index (χ1) is 13.2. The summed E-state index contributed by atoms with van der Waals surface area (Å²) >= 11 is 1.80. The Morgan fingerprint density at radius 3 is 2.59 bits per heavy atom. The molecule has 1 heterocycles. The predicted octanol–water partition coefficient (Wildman–Crippen LogP) is 3.69. The fourth-order valence-corrected chi connectivity index (χ4v) is 2.59. The molecule has 0 atom stereocenters. The molecule has 1 aromatic heterocycles. The maximum atomic E-state index is 5.84. The molecule has 0 aliphatic rings. The number of guanidine groups is 1. The monoisotopic (exact) mass is 388 g/mol. The molecular formula is C20H28N4O2S. The smallest absolute Gasteiger partial charge is 0.219 e. The summed E-state index contributed by atoms with van der Waals surface area (Å²) in [5, 5.41) is 6.57. The van der Waals surface area contributed by atoms with Gasteiger partial charge in [0, 0.05) is 31.1 Å². The van der Waals surface area contributed by atoms with Crippen molar-refractivity contribution in [3.05, 3.63) is 48.2 Å². The van der Waals surface area contributed by atoms with E-state index in [4.69, 9.17) is 9.47 Å². The van der Waals surface area contributed by atoms with Gasteiger partial charge < -0.3 is 20.1 Å². The summed E-state index contributed by atoms with van der Waals surface area (Å²) in [6.07, 6.45) is 3.83. The minimum Gasteiger partial charge on any atom is -0.494 e. The lowest BCUT2D eigenvalue weighted by Gasteiger charge is -2.11. The second-order valence-electron chi connectivity index (χ2n) is 5.62. The zero-order valence-corrected chi connectivity index (χ0v) is 17.0. The fraction of sp³-hybridized carbons (Fsp3) is 0.400. The lowest BCUT2D eigenvalue weighted by molar-refractivity contribution is 0.339. The largest absolute Gasteiger partial charge is 0.494 e. The van der Waals surface area contributed by atoms with Crippen molar-refractivity contribution in [1.82, 2.24) is 15.6 Å². The first kappa shape index (κ1) is 20.9.